The van der Waals surface area contributed by atoms with E-state index < -0.39 is 10.8 Å². The summed E-state index contributed by atoms with van der Waals surface area (Å²) in [5, 5.41) is 0. The zero-order valence-corrected chi connectivity index (χ0v) is 38.3. The van der Waals surface area contributed by atoms with Crippen LogP contribution in [0.3, 0.4) is 0 Å². The summed E-state index contributed by atoms with van der Waals surface area (Å²) in [5.41, 5.74) is 22.7. The molecule has 0 aliphatic heterocycles. The van der Waals surface area contributed by atoms with Crippen molar-refractivity contribution in [3.63, 3.8) is 0 Å². The summed E-state index contributed by atoms with van der Waals surface area (Å²) < 4.78 is 0. The number of hydrogen-bond donors (Lipinski definition) is 0. The second kappa shape index (κ2) is 16.7. The van der Waals surface area contributed by atoms with E-state index >= 15 is 0 Å². The molecule has 10 aromatic carbocycles. The fourth-order valence-corrected chi connectivity index (χ4v) is 12.2. The molecule has 0 aromatic heterocycles. The molecule has 0 bridgehead atoms. The molecule has 326 valence electrons. The van der Waals surface area contributed by atoms with Crippen molar-refractivity contribution in [2.24, 2.45) is 0 Å². The molecule has 3 aliphatic rings. The summed E-state index contributed by atoms with van der Waals surface area (Å²) in [6.45, 7) is 0. The van der Waals surface area contributed by atoms with E-state index in [9.17, 15) is 0 Å². The normalized spacial score (nSPS) is 17.3. The largest absolute Gasteiger partial charge is 0.310 e. The van der Waals surface area contributed by atoms with Gasteiger partial charge in [0.2, 0.25) is 0 Å². The Morgan fingerprint density at radius 1 is 0.319 bits per heavy atom. The monoisotopic (exact) mass is 879 g/mol. The number of rotatable bonds is 8. The second-order valence-electron chi connectivity index (χ2n) is 18.6. The molecule has 0 radical (unpaired) electrons. The number of nitrogens with zero attached hydrogens (tertiary/aromatic N) is 1. The average Bonchev–Trinajstić information content (AvgIpc) is 3.72. The fraction of sp³-hybridized carbons (Fsp3) is 0.0588. The molecule has 0 amide bonds. The van der Waals surface area contributed by atoms with Crippen LogP contribution in [0.5, 0.6) is 0 Å². The zero-order chi connectivity index (χ0) is 45.8. The Labute approximate surface area is 405 Å². The number of para-hydroxylation sites is 1. The van der Waals surface area contributed by atoms with Gasteiger partial charge in [-0.25, -0.2) is 0 Å². The van der Waals surface area contributed by atoms with Crippen molar-refractivity contribution in [2.75, 3.05) is 4.90 Å². The predicted molar refractivity (Wildman–Crippen MR) is 288 cm³/mol. The quantitative estimate of drug-likeness (QED) is 0.147. The van der Waals surface area contributed by atoms with E-state index in [4.69, 9.17) is 0 Å². The Morgan fingerprint density at radius 2 is 0.768 bits per heavy atom. The van der Waals surface area contributed by atoms with Crippen LogP contribution in [0, 0.1) is 0 Å². The van der Waals surface area contributed by atoms with E-state index in [-0.39, 0.29) is 0 Å². The minimum Gasteiger partial charge on any atom is -0.310 e. The Balaban J connectivity index is 1.04. The number of fused-ring (bicyclic) bond motifs is 9. The van der Waals surface area contributed by atoms with E-state index in [0.29, 0.717) is 0 Å². The summed E-state index contributed by atoms with van der Waals surface area (Å²) in [7, 11) is 0. The maximum atomic E-state index is 2.53. The summed E-state index contributed by atoms with van der Waals surface area (Å²) in [6.07, 6.45) is 9.01. The highest BCUT2D eigenvalue weighted by Crippen LogP contribution is 2.65. The summed E-state index contributed by atoms with van der Waals surface area (Å²) in [6, 6.07) is 95.0. The van der Waals surface area contributed by atoms with Gasteiger partial charge in [-0.15, -0.1) is 0 Å². The van der Waals surface area contributed by atoms with Crippen LogP contribution < -0.4 is 4.90 Å². The number of anilines is 3. The van der Waals surface area contributed by atoms with E-state index in [1.54, 1.807) is 0 Å². The number of benzene rings is 10. The first-order valence-electron chi connectivity index (χ1n) is 24.3. The minimum absolute atomic E-state index is 0.482. The Hall–Kier alpha value is -8.52. The summed E-state index contributed by atoms with van der Waals surface area (Å²) >= 11 is 0. The lowest BCUT2D eigenvalue weighted by atomic mass is 9.50. The van der Waals surface area contributed by atoms with E-state index in [2.05, 4.69) is 278 Å². The van der Waals surface area contributed by atoms with Crippen molar-refractivity contribution in [2.45, 2.75) is 23.7 Å². The Bertz CT molecular complexity index is 3530. The van der Waals surface area contributed by atoms with Crippen molar-refractivity contribution in [3.05, 3.63) is 318 Å². The van der Waals surface area contributed by atoms with Crippen LogP contribution in [0.1, 0.15) is 51.8 Å². The second-order valence-corrected chi connectivity index (χ2v) is 18.6. The zero-order valence-electron chi connectivity index (χ0n) is 38.3. The standard InChI is InChI=1S/C68H49N/c1-5-21-48(22-6-1)49-37-39-50(40-38-49)51-41-43-55(44-42-51)69(66-36-20-14-29-57(66)52-23-7-2-8-24-52)56-45-46-59-58-30-13-15-31-60(58)68(65(59)47-56)63-34-18-16-32-61(63)67(53-25-9-3-10-26-53,54-27-11-4-12-28-54)62-33-17-19-35-64(62)68/h1-11,13-27,29-47H,12,28H2. The van der Waals surface area contributed by atoms with Crippen LogP contribution in [0.4, 0.5) is 17.1 Å². The third-order valence-electron chi connectivity index (χ3n) is 15.1. The van der Waals surface area contributed by atoms with Gasteiger partial charge in [-0.1, -0.05) is 248 Å². The first kappa shape index (κ1) is 40.7. The van der Waals surface area contributed by atoms with Gasteiger partial charge >= 0.3 is 0 Å². The van der Waals surface area contributed by atoms with Gasteiger partial charge in [0, 0.05) is 16.9 Å². The Morgan fingerprint density at radius 3 is 1.36 bits per heavy atom. The molecule has 13 rings (SSSR count). The molecule has 0 heterocycles. The minimum atomic E-state index is -0.598. The molecule has 3 aliphatic carbocycles. The van der Waals surface area contributed by atoms with Gasteiger partial charge in [-0.05, 0) is 121 Å². The van der Waals surface area contributed by atoms with Gasteiger partial charge in [0.25, 0.3) is 0 Å². The lowest BCUT2D eigenvalue weighted by Crippen LogP contribution is -2.45. The molecular weight excluding hydrogens is 831 g/mol. The van der Waals surface area contributed by atoms with E-state index in [1.165, 1.54) is 89.0 Å². The van der Waals surface area contributed by atoms with Crippen molar-refractivity contribution < 1.29 is 0 Å². The highest BCUT2D eigenvalue weighted by Gasteiger charge is 2.57. The molecule has 1 heteroatoms. The molecule has 0 unspecified atom stereocenters. The van der Waals surface area contributed by atoms with Crippen LogP contribution in [-0.2, 0) is 10.8 Å². The van der Waals surface area contributed by atoms with Crippen molar-refractivity contribution in [3.8, 4) is 44.5 Å². The first-order valence-corrected chi connectivity index (χ1v) is 24.3. The van der Waals surface area contributed by atoms with Crippen LogP contribution in [0.15, 0.2) is 279 Å². The molecule has 0 saturated carbocycles. The molecule has 0 N–H and O–H groups in total. The molecule has 1 spiro atoms. The maximum absolute atomic E-state index is 2.53. The lowest BCUT2D eigenvalue weighted by molar-refractivity contribution is 0.595. The van der Waals surface area contributed by atoms with Gasteiger partial charge in [0.05, 0.1) is 16.5 Å². The van der Waals surface area contributed by atoms with Gasteiger partial charge in [0.15, 0.2) is 0 Å². The SMILES string of the molecule is C1=CCCC(C2(c3ccccc3)c3ccccc3C3(c4ccccc4-c4ccc(N(c5ccc(-c6ccc(-c7ccccc7)cc6)cc5)c5ccccc5-c5ccccc5)cc43)c3ccccc32)=C1. The number of hydrogen-bond acceptors (Lipinski definition) is 1. The topological polar surface area (TPSA) is 3.24 Å². The molecular formula is C68H49N. The summed E-state index contributed by atoms with van der Waals surface area (Å²) in [4.78, 5) is 2.48. The van der Waals surface area contributed by atoms with Crippen molar-refractivity contribution in [1.29, 1.82) is 0 Å². The third kappa shape index (κ3) is 6.31. The van der Waals surface area contributed by atoms with Crippen LogP contribution in [-0.4, -0.2) is 0 Å². The molecule has 10 aromatic rings. The van der Waals surface area contributed by atoms with Gasteiger partial charge in [0.1, 0.15) is 0 Å². The average molecular weight is 880 g/mol. The van der Waals surface area contributed by atoms with E-state index in [0.717, 1.165) is 29.9 Å². The van der Waals surface area contributed by atoms with Crippen molar-refractivity contribution >= 4 is 17.1 Å². The fourth-order valence-electron chi connectivity index (χ4n) is 12.2. The first-order chi connectivity index (χ1) is 34.2. The van der Waals surface area contributed by atoms with Gasteiger partial charge in [-0.3, -0.25) is 0 Å². The van der Waals surface area contributed by atoms with Crippen LogP contribution >= 0.6 is 0 Å². The lowest BCUT2D eigenvalue weighted by Gasteiger charge is -2.51. The van der Waals surface area contributed by atoms with Crippen LogP contribution in [0.25, 0.3) is 44.5 Å². The molecule has 69 heavy (non-hydrogen) atoms. The smallest absolute Gasteiger partial charge is 0.0720 e. The summed E-state index contributed by atoms with van der Waals surface area (Å²) in [5.74, 6) is 0. The molecule has 0 saturated heterocycles. The predicted octanol–water partition coefficient (Wildman–Crippen LogP) is 17.4. The van der Waals surface area contributed by atoms with E-state index in [1.807, 2.05) is 0 Å². The maximum Gasteiger partial charge on any atom is 0.0720 e. The van der Waals surface area contributed by atoms with Gasteiger partial charge in [-0.2, -0.15) is 0 Å². The highest BCUT2D eigenvalue weighted by molar-refractivity contribution is 5.94. The molecule has 0 fully saturated rings. The Kier molecular flexibility index (Phi) is 9.84. The van der Waals surface area contributed by atoms with Crippen LogP contribution in [0.2, 0.25) is 0 Å². The number of allylic oxidation sites excluding steroid dienone is 4. The molecule has 0 atom stereocenters. The highest BCUT2D eigenvalue weighted by atomic mass is 15.1. The molecule has 1 nitrogen and oxygen atoms in total. The van der Waals surface area contributed by atoms with Gasteiger partial charge < -0.3 is 4.90 Å². The third-order valence-corrected chi connectivity index (χ3v) is 15.1. The van der Waals surface area contributed by atoms with Crippen molar-refractivity contribution in [1.82, 2.24) is 0 Å².